The van der Waals surface area contributed by atoms with Crippen molar-refractivity contribution in [3.05, 3.63) is 0 Å². The number of hydrogen-bond acceptors (Lipinski definition) is 4. The molecule has 2 unspecified atom stereocenters. The van der Waals surface area contributed by atoms with E-state index in [0.29, 0.717) is 6.54 Å². The number of carbonyl (C=O) groups excluding carboxylic acids is 2. The second-order valence-corrected chi connectivity index (χ2v) is 5.22. The van der Waals surface area contributed by atoms with Gasteiger partial charge in [-0.05, 0) is 19.4 Å². The zero-order chi connectivity index (χ0) is 11.8. The molecule has 1 saturated carbocycles. The zero-order valence-corrected chi connectivity index (χ0v) is 10.0. The predicted octanol–water partition coefficient (Wildman–Crippen LogP) is -0.713. The molecule has 2 heterocycles. The number of hydrogen-bond donors (Lipinski definition) is 1. The van der Waals surface area contributed by atoms with Crippen LogP contribution in [0.3, 0.4) is 0 Å². The number of likely N-dealkylation sites (tertiary alicyclic amines) is 1. The van der Waals surface area contributed by atoms with Gasteiger partial charge in [0, 0.05) is 32.7 Å². The Kier molecular flexibility index (Phi) is 2.88. The van der Waals surface area contributed by atoms with Crippen LogP contribution in [0.1, 0.15) is 12.8 Å². The lowest BCUT2D eigenvalue weighted by atomic mass is 10.3. The normalized spacial score (nSPS) is 33.1. The van der Waals surface area contributed by atoms with Gasteiger partial charge >= 0.3 is 0 Å². The molecule has 3 aliphatic rings. The molecule has 2 aliphatic heterocycles. The lowest BCUT2D eigenvalue weighted by molar-refractivity contribution is -0.141. The lowest BCUT2D eigenvalue weighted by Gasteiger charge is -2.27. The van der Waals surface area contributed by atoms with Crippen LogP contribution in [0.2, 0.25) is 0 Å². The number of carbonyl (C=O) groups is 2. The Morgan fingerprint density at radius 3 is 2.35 bits per heavy atom. The molecule has 0 aromatic heterocycles. The summed E-state index contributed by atoms with van der Waals surface area (Å²) in [6.45, 7) is 5.86. The van der Waals surface area contributed by atoms with Gasteiger partial charge in [-0.15, -0.1) is 0 Å². The van der Waals surface area contributed by atoms with Crippen molar-refractivity contribution in [2.45, 2.75) is 12.8 Å². The Bertz CT molecular complexity index is 319. The fourth-order valence-electron chi connectivity index (χ4n) is 2.86. The summed E-state index contributed by atoms with van der Waals surface area (Å²) in [5.41, 5.74) is 0. The first kappa shape index (κ1) is 11.2. The van der Waals surface area contributed by atoms with Gasteiger partial charge in [0.05, 0.1) is 11.8 Å². The summed E-state index contributed by atoms with van der Waals surface area (Å²) in [7, 11) is 0. The molecule has 2 amide bonds. The first-order valence-electron chi connectivity index (χ1n) is 6.55. The fraction of sp³-hybridized carbons (Fsp3) is 0.833. The smallest absolute Gasteiger partial charge is 0.233 e. The van der Waals surface area contributed by atoms with E-state index in [9.17, 15) is 9.59 Å². The summed E-state index contributed by atoms with van der Waals surface area (Å²) in [6.07, 6.45) is 1.73. The number of piperazine rings is 1. The second kappa shape index (κ2) is 4.38. The van der Waals surface area contributed by atoms with Crippen LogP contribution in [-0.4, -0.2) is 60.9 Å². The predicted molar refractivity (Wildman–Crippen MR) is 62.2 cm³/mol. The molecule has 0 bridgehead atoms. The summed E-state index contributed by atoms with van der Waals surface area (Å²) in [5, 5.41) is 3.31. The van der Waals surface area contributed by atoms with Gasteiger partial charge in [0.25, 0.3) is 0 Å². The van der Waals surface area contributed by atoms with Crippen LogP contribution < -0.4 is 5.32 Å². The van der Waals surface area contributed by atoms with Crippen LogP contribution in [0.5, 0.6) is 0 Å². The van der Waals surface area contributed by atoms with Gasteiger partial charge < -0.3 is 10.2 Å². The van der Waals surface area contributed by atoms with Crippen molar-refractivity contribution < 1.29 is 9.59 Å². The summed E-state index contributed by atoms with van der Waals surface area (Å²) >= 11 is 0. The standard InChI is InChI=1S/C12H19N3O2/c16-11-9-8-10(9)12(17)15(11)5-1-4-14-6-2-13-3-7-14/h9-10,13H,1-8H2. The van der Waals surface area contributed by atoms with Gasteiger partial charge in [-0.3, -0.25) is 14.5 Å². The van der Waals surface area contributed by atoms with Crippen LogP contribution >= 0.6 is 0 Å². The van der Waals surface area contributed by atoms with Crippen molar-refractivity contribution in [1.29, 1.82) is 0 Å². The minimum Gasteiger partial charge on any atom is -0.314 e. The van der Waals surface area contributed by atoms with E-state index in [4.69, 9.17) is 0 Å². The van der Waals surface area contributed by atoms with Gasteiger partial charge in [0.1, 0.15) is 0 Å². The van der Waals surface area contributed by atoms with Crippen molar-refractivity contribution in [3.8, 4) is 0 Å². The number of rotatable bonds is 4. The minimum atomic E-state index is 0.0571. The van der Waals surface area contributed by atoms with Crippen LogP contribution in [0.15, 0.2) is 0 Å². The molecular weight excluding hydrogens is 218 g/mol. The molecule has 0 aromatic rings. The van der Waals surface area contributed by atoms with Crippen LogP contribution in [0.4, 0.5) is 0 Å². The molecule has 3 fully saturated rings. The molecule has 2 atom stereocenters. The monoisotopic (exact) mass is 237 g/mol. The average molecular weight is 237 g/mol. The van der Waals surface area contributed by atoms with E-state index in [1.165, 1.54) is 4.90 Å². The first-order chi connectivity index (χ1) is 8.27. The number of imide groups is 1. The zero-order valence-electron chi connectivity index (χ0n) is 10.0. The number of nitrogens with zero attached hydrogens (tertiary/aromatic N) is 2. The molecular formula is C12H19N3O2. The Hall–Kier alpha value is -0.940. The Morgan fingerprint density at radius 2 is 1.71 bits per heavy atom. The number of piperidine rings is 1. The highest BCUT2D eigenvalue weighted by atomic mass is 16.2. The minimum absolute atomic E-state index is 0.0571. The fourth-order valence-corrected chi connectivity index (χ4v) is 2.86. The van der Waals surface area contributed by atoms with Gasteiger partial charge in [0.2, 0.25) is 11.8 Å². The van der Waals surface area contributed by atoms with Crippen molar-refractivity contribution >= 4 is 11.8 Å². The maximum Gasteiger partial charge on any atom is 0.233 e. The molecule has 3 rings (SSSR count). The van der Waals surface area contributed by atoms with Gasteiger partial charge in [-0.25, -0.2) is 0 Å². The van der Waals surface area contributed by atoms with E-state index in [1.54, 1.807) is 0 Å². The van der Waals surface area contributed by atoms with E-state index in [1.807, 2.05) is 0 Å². The van der Waals surface area contributed by atoms with Crippen LogP contribution in [0.25, 0.3) is 0 Å². The molecule has 94 valence electrons. The second-order valence-electron chi connectivity index (χ2n) is 5.22. The number of nitrogens with one attached hydrogen (secondary N) is 1. The Balaban J connectivity index is 1.42. The highest BCUT2D eigenvalue weighted by molar-refractivity contribution is 6.08. The molecule has 17 heavy (non-hydrogen) atoms. The Morgan fingerprint density at radius 1 is 1.06 bits per heavy atom. The van der Waals surface area contributed by atoms with E-state index in [0.717, 1.165) is 45.6 Å². The number of fused-ring (bicyclic) bond motifs is 1. The highest BCUT2D eigenvalue weighted by Crippen LogP contribution is 2.46. The van der Waals surface area contributed by atoms with E-state index in [2.05, 4.69) is 10.2 Å². The summed E-state index contributed by atoms with van der Waals surface area (Å²) < 4.78 is 0. The van der Waals surface area contributed by atoms with Crippen molar-refractivity contribution in [1.82, 2.24) is 15.1 Å². The molecule has 2 saturated heterocycles. The highest BCUT2D eigenvalue weighted by Gasteiger charge is 2.58. The van der Waals surface area contributed by atoms with E-state index >= 15 is 0 Å². The molecule has 5 heteroatoms. The molecule has 1 N–H and O–H groups in total. The quantitative estimate of drug-likeness (QED) is 0.656. The lowest BCUT2D eigenvalue weighted by Crippen LogP contribution is -2.44. The Labute approximate surface area is 101 Å². The van der Waals surface area contributed by atoms with E-state index in [-0.39, 0.29) is 23.7 Å². The molecule has 1 aliphatic carbocycles. The third-order valence-corrected chi connectivity index (χ3v) is 4.02. The van der Waals surface area contributed by atoms with Crippen molar-refractivity contribution in [2.75, 3.05) is 39.3 Å². The summed E-state index contributed by atoms with van der Waals surface area (Å²) in [4.78, 5) is 27.3. The molecule has 0 spiro atoms. The van der Waals surface area contributed by atoms with Crippen LogP contribution in [-0.2, 0) is 9.59 Å². The maximum atomic E-state index is 11.7. The third kappa shape index (κ3) is 2.09. The van der Waals surface area contributed by atoms with Crippen molar-refractivity contribution in [3.63, 3.8) is 0 Å². The molecule has 0 aromatic carbocycles. The molecule has 5 nitrogen and oxygen atoms in total. The van der Waals surface area contributed by atoms with Gasteiger partial charge in [-0.1, -0.05) is 0 Å². The largest absolute Gasteiger partial charge is 0.314 e. The van der Waals surface area contributed by atoms with Gasteiger partial charge in [0.15, 0.2) is 0 Å². The third-order valence-electron chi connectivity index (χ3n) is 4.02. The first-order valence-corrected chi connectivity index (χ1v) is 6.55. The topological polar surface area (TPSA) is 52.7 Å². The maximum absolute atomic E-state index is 11.7. The number of amides is 2. The SMILES string of the molecule is O=C1C2CC2C(=O)N1CCCN1CCNCC1. The summed E-state index contributed by atoms with van der Waals surface area (Å²) in [6, 6.07) is 0. The summed E-state index contributed by atoms with van der Waals surface area (Å²) in [5.74, 6) is 0.281. The van der Waals surface area contributed by atoms with E-state index < -0.39 is 0 Å². The molecule has 0 radical (unpaired) electrons. The van der Waals surface area contributed by atoms with Crippen LogP contribution in [0, 0.1) is 11.8 Å². The van der Waals surface area contributed by atoms with Gasteiger partial charge in [-0.2, -0.15) is 0 Å². The average Bonchev–Trinajstić information content (AvgIpc) is 3.10. The van der Waals surface area contributed by atoms with Crippen molar-refractivity contribution in [2.24, 2.45) is 11.8 Å².